The number of benzene rings is 1. The summed E-state index contributed by atoms with van der Waals surface area (Å²) in [6.45, 7) is 2.04. The van der Waals surface area contributed by atoms with Crippen LogP contribution < -0.4 is 0 Å². The molecule has 0 radical (unpaired) electrons. The standard InChI is InChI=1S/C19H20BrN3O2S/c20-19-12-16-8-9-22(18(16)13-21-19)14-15-6-10-23(11-7-15)26(24,25)17-4-2-1-3-5-17/h1-5,8-9,12-13,15H,6-7,10-11,14H2. The molecule has 0 N–H and O–H groups in total. The molecule has 0 saturated carbocycles. The summed E-state index contributed by atoms with van der Waals surface area (Å²) in [5.41, 5.74) is 1.12. The minimum Gasteiger partial charge on any atom is -0.346 e. The van der Waals surface area contributed by atoms with Crippen molar-refractivity contribution in [3.8, 4) is 0 Å². The van der Waals surface area contributed by atoms with Crippen LogP contribution >= 0.6 is 15.9 Å². The Bertz CT molecular complexity index is 1010. The first-order chi connectivity index (χ1) is 12.5. The Hall–Kier alpha value is -1.70. The van der Waals surface area contributed by atoms with E-state index in [1.807, 2.05) is 18.3 Å². The molecule has 136 valence electrons. The minimum absolute atomic E-state index is 0.381. The Morgan fingerprint density at radius 3 is 2.58 bits per heavy atom. The molecule has 26 heavy (non-hydrogen) atoms. The Balaban J connectivity index is 1.44. The highest BCUT2D eigenvalue weighted by Crippen LogP contribution is 2.26. The molecule has 1 aliphatic rings. The maximum Gasteiger partial charge on any atom is 0.243 e. The van der Waals surface area contributed by atoms with E-state index in [9.17, 15) is 8.42 Å². The number of pyridine rings is 1. The first kappa shape index (κ1) is 17.7. The molecule has 0 unspecified atom stereocenters. The normalized spacial score (nSPS) is 17.0. The van der Waals surface area contributed by atoms with Gasteiger partial charge in [0.15, 0.2) is 0 Å². The van der Waals surface area contributed by atoms with Crippen molar-refractivity contribution < 1.29 is 8.42 Å². The zero-order chi connectivity index (χ0) is 18.1. The number of rotatable bonds is 4. The van der Waals surface area contributed by atoms with E-state index in [0.29, 0.717) is 23.9 Å². The molecule has 0 aliphatic carbocycles. The lowest BCUT2D eigenvalue weighted by atomic mass is 9.98. The summed E-state index contributed by atoms with van der Waals surface area (Å²) in [4.78, 5) is 4.70. The maximum absolute atomic E-state index is 12.7. The van der Waals surface area contributed by atoms with E-state index in [1.54, 1.807) is 28.6 Å². The monoisotopic (exact) mass is 433 g/mol. The van der Waals surface area contributed by atoms with Gasteiger partial charge in [-0.15, -0.1) is 0 Å². The summed E-state index contributed by atoms with van der Waals surface area (Å²) >= 11 is 3.40. The van der Waals surface area contributed by atoms with E-state index in [2.05, 4.69) is 37.7 Å². The fourth-order valence-corrected chi connectivity index (χ4v) is 5.41. The predicted octanol–water partition coefficient (Wildman–Crippen LogP) is 3.90. The first-order valence-corrected chi connectivity index (χ1v) is 10.9. The lowest BCUT2D eigenvalue weighted by Gasteiger charge is -2.31. The highest BCUT2D eigenvalue weighted by molar-refractivity contribution is 9.10. The second-order valence-corrected chi connectivity index (χ2v) is 9.44. The van der Waals surface area contributed by atoms with Crippen molar-refractivity contribution in [2.45, 2.75) is 24.3 Å². The van der Waals surface area contributed by atoms with Crippen molar-refractivity contribution in [2.75, 3.05) is 13.1 Å². The van der Waals surface area contributed by atoms with Crippen molar-refractivity contribution in [2.24, 2.45) is 5.92 Å². The van der Waals surface area contributed by atoms with Gasteiger partial charge in [-0.2, -0.15) is 4.31 Å². The Kier molecular flexibility index (Phi) is 4.86. The van der Waals surface area contributed by atoms with Crippen LogP contribution in [0.2, 0.25) is 0 Å². The van der Waals surface area contributed by atoms with Gasteiger partial charge in [0, 0.05) is 31.2 Å². The van der Waals surface area contributed by atoms with Gasteiger partial charge in [0.25, 0.3) is 0 Å². The molecule has 1 fully saturated rings. The smallest absolute Gasteiger partial charge is 0.243 e. The molecule has 0 bridgehead atoms. The zero-order valence-corrected chi connectivity index (χ0v) is 16.7. The van der Waals surface area contributed by atoms with Gasteiger partial charge in [0.05, 0.1) is 16.6 Å². The molecule has 0 amide bonds. The van der Waals surface area contributed by atoms with Gasteiger partial charge >= 0.3 is 0 Å². The second-order valence-electron chi connectivity index (χ2n) is 6.69. The van der Waals surface area contributed by atoms with Crippen LogP contribution in [0, 0.1) is 5.92 Å². The van der Waals surface area contributed by atoms with E-state index in [0.717, 1.165) is 34.9 Å². The molecule has 5 nitrogen and oxygen atoms in total. The number of hydrogen-bond acceptors (Lipinski definition) is 3. The largest absolute Gasteiger partial charge is 0.346 e. The van der Waals surface area contributed by atoms with E-state index < -0.39 is 10.0 Å². The van der Waals surface area contributed by atoms with Gasteiger partial charge in [-0.3, -0.25) is 0 Å². The molecule has 3 aromatic rings. The molecule has 1 aromatic carbocycles. The molecule has 0 spiro atoms. The van der Waals surface area contributed by atoms with Crippen molar-refractivity contribution in [3.05, 3.63) is 59.5 Å². The predicted molar refractivity (Wildman–Crippen MR) is 105 cm³/mol. The Morgan fingerprint density at radius 1 is 1.12 bits per heavy atom. The molecule has 4 rings (SSSR count). The average Bonchev–Trinajstić information content (AvgIpc) is 3.05. The van der Waals surface area contributed by atoms with Gasteiger partial charge in [-0.25, -0.2) is 13.4 Å². The van der Waals surface area contributed by atoms with Crippen LogP contribution in [0.4, 0.5) is 0 Å². The van der Waals surface area contributed by atoms with Crippen LogP contribution in [-0.4, -0.2) is 35.4 Å². The summed E-state index contributed by atoms with van der Waals surface area (Å²) in [7, 11) is -3.38. The molecule has 2 aromatic heterocycles. The van der Waals surface area contributed by atoms with Crippen molar-refractivity contribution in [3.63, 3.8) is 0 Å². The molecule has 7 heteroatoms. The highest BCUT2D eigenvalue weighted by Gasteiger charge is 2.29. The average molecular weight is 434 g/mol. The minimum atomic E-state index is -3.38. The van der Waals surface area contributed by atoms with Gasteiger partial charge < -0.3 is 4.57 Å². The molecule has 1 aliphatic heterocycles. The number of sulfonamides is 1. The van der Waals surface area contributed by atoms with Crippen LogP contribution in [0.15, 0.2) is 64.4 Å². The van der Waals surface area contributed by atoms with Gasteiger partial charge in [-0.1, -0.05) is 18.2 Å². The molecule has 0 atom stereocenters. The summed E-state index contributed by atoms with van der Waals surface area (Å²) in [6.07, 6.45) is 5.71. The summed E-state index contributed by atoms with van der Waals surface area (Å²) < 4.78 is 30.1. The fourth-order valence-electron chi connectivity index (χ4n) is 3.57. The van der Waals surface area contributed by atoms with E-state index in [4.69, 9.17) is 0 Å². The van der Waals surface area contributed by atoms with Crippen molar-refractivity contribution >= 4 is 36.9 Å². The number of fused-ring (bicyclic) bond motifs is 1. The van der Waals surface area contributed by atoms with Crippen LogP contribution in [0.5, 0.6) is 0 Å². The van der Waals surface area contributed by atoms with E-state index in [1.165, 1.54) is 0 Å². The third kappa shape index (κ3) is 3.43. The fraction of sp³-hybridized carbons (Fsp3) is 0.316. The zero-order valence-electron chi connectivity index (χ0n) is 14.3. The molecular weight excluding hydrogens is 414 g/mol. The van der Waals surface area contributed by atoms with Gasteiger partial charge in [0.1, 0.15) is 4.60 Å². The van der Waals surface area contributed by atoms with Gasteiger partial charge in [0.2, 0.25) is 10.0 Å². The molecule has 1 saturated heterocycles. The number of halogens is 1. The Morgan fingerprint density at radius 2 is 1.85 bits per heavy atom. The molecular formula is C19H20BrN3O2S. The number of hydrogen-bond donors (Lipinski definition) is 0. The van der Waals surface area contributed by atoms with E-state index in [-0.39, 0.29) is 0 Å². The van der Waals surface area contributed by atoms with Crippen molar-refractivity contribution in [1.29, 1.82) is 0 Å². The van der Waals surface area contributed by atoms with Gasteiger partial charge in [-0.05, 0) is 59.0 Å². The first-order valence-electron chi connectivity index (χ1n) is 8.69. The third-order valence-electron chi connectivity index (χ3n) is 5.03. The number of aromatic nitrogens is 2. The second kappa shape index (κ2) is 7.13. The summed E-state index contributed by atoms with van der Waals surface area (Å²) in [5, 5.41) is 1.16. The lowest BCUT2D eigenvalue weighted by molar-refractivity contribution is 0.254. The van der Waals surface area contributed by atoms with Crippen molar-refractivity contribution in [1.82, 2.24) is 13.9 Å². The van der Waals surface area contributed by atoms with Crippen LogP contribution in [-0.2, 0) is 16.6 Å². The summed E-state index contributed by atoms with van der Waals surface area (Å²) in [6, 6.07) is 12.8. The van der Waals surface area contributed by atoms with E-state index >= 15 is 0 Å². The Labute approximate surface area is 161 Å². The quantitative estimate of drug-likeness (QED) is 0.586. The topological polar surface area (TPSA) is 55.2 Å². The van der Waals surface area contributed by atoms with Crippen LogP contribution in [0.3, 0.4) is 0 Å². The number of piperidine rings is 1. The highest BCUT2D eigenvalue weighted by atomic mass is 79.9. The third-order valence-corrected chi connectivity index (χ3v) is 7.38. The molecule has 3 heterocycles. The van der Waals surface area contributed by atoms with Crippen LogP contribution in [0.1, 0.15) is 12.8 Å². The SMILES string of the molecule is O=S(=O)(c1ccccc1)N1CCC(Cn2ccc3cc(Br)ncc32)CC1. The van der Waals surface area contributed by atoms with Crippen LogP contribution in [0.25, 0.3) is 10.9 Å². The summed E-state index contributed by atoms with van der Waals surface area (Å²) in [5.74, 6) is 0.469. The number of nitrogens with zero attached hydrogens (tertiary/aromatic N) is 3. The lowest BCUT2D eigenvalue weighted by Crippen LogP contribution is -2.39. The maximum atomic E-state index is 12.7.